The summed E-state index contributed by atoms with van der Waals surface area (Å²) in [4.78, 5) is 1.37. The lowest BCUT2D eigenvalue weighted by Gasteiger charge is -2.30. The van der Waals surface area contributed by atoms with Crippen molar-refractivity contribution in [2.24, 2.45) is 5.92 Å². The highest BCUT2D eigenvalue weighted by Gasteiger charge is 2.42. The van der Waals surface area contributed by atoms with Crippen LogP contribution in [0, 0.1) is 24.2 Å². The van der Waals surface area contributed by atoms with E-state index in [0.29, 0.717) is 5.92 Å². The monoisotopic (exact) mass is 302 g/mol. The highest BCUT2D eigenvalue weighted by molar-refractivity contribution is 7.99. The second kappa shape index (κ2) is 7.87. The Balaban J connectivity index is 1.90. The molecule has 1 aliphatic rings. The van der Waals surface area contributed by atoms with Crippen molar-refractivity contribution in [1.82, 2.24) is 5.32 Å². The number of aryl methyl sites for hydroxylation is 1. The molecule has 0 radical (unpaired) electrons. The molecular weight excluding hydrogens is 276 g/mol. The van der Waals surface area contributed by atoms with E-state index in [2.05, 4.69) is 49.5 Å². The lowest BCUT2D eigenvalue weighted by molar-refractivity contribution is 0.311. The Morgan fingerprint density at radius 3 is 2.95 bits per heavy atom. The van der Waals surface area contributed by atoms with Gasteiger partial charge in [-0.3, -0.25) is 5.32 Å². The maximum atomic E-state index is 9.65. The van der Waals surface area contributed by atoms with Crippen LogP contribution < -0.4 is 5.32 Å². The van der Waals surface area contributed by atoms with Gasteiger partial charge in [0.25, 0.3) is 0 Å². The molecule has 2 rings (SSSR count). The number of hydrogen-bond donors (Lipinski definition) is 1. The molecular formula is C18H26N2S. The summed E-state index contributed by atoms with van der Waals surface area (Å²) in [6.07, 6.45) is 5.61. The normalized spacial score (nSPS) is 24.9. The topological polar surface area (TPSA) is 35.8 Å². The summed E-state index contributed by atoms with van der Waals surface area (Å²) >= 11 is 1.93. The molecule has 1 aromatic rings. The fraction of sp³-hybridized carbons (Fsp3) is 0.611. The van der Waals surface area contributed by atoms with Crippen LogP contribution in [0.1, 0.15) is 44.6 Å². The number of nitrogens with one attached hydrogen (secondary N) is 1. The van der Waals surface area contributed by atoms with E-state index in [1.807, 2.05) is 11.8 Å². The van der Waals surface area contributed by atoms with E-state index in [0.717, 1.165) is 31.6 Å². The number of nitriles is 1. The van der Waals surface area contributed by atoms with Crippen molar-refractivity contribution < 1.29 is 0 Å². The summed E-state index contributed by atoms with van der Waals surface area (Å²) in [7, 11) is 0. The van der Waals surface area contributed by atoms with Crippen LogP contribution in [0.15, 0.2) is 29.2 Å². The number of thioether (sulfide) groups is 1. The molecule has 0 aromatic heterocycles. The van der Waals surface area contributed by atoms with Crippen LogP contribution >= 0.6 is 11.8 Å². The highest BCUT2D eigenvalue weighted by Crippen LogP contribution is 2.39. The Morgan fingerprint density at radius 1 is 1.43 bits per heavy atom. The first-order valence-corrected chi connectivity index (χ1v) is 9.05. The number of rotatable bonds is 7. The smallest absolute Gasteiger partial charge is 0.109 e. The zero-order valence-electron chi connectivity index (χ0n) is 13.2. The lowest BCUT2D eigenvalue weighted by Crippen LogP contribution is -2.47. The van der Waals surface area contributed by atoms with E-state index >= 15 is 0 Å². The fourth-order valence-electron chi connectivity index (χ4n) is 3.27. The van der Waals surface area contributed by atoms with Gasteiger partial charge in [-0.05, 0) is 62.5 Å². The Kier molecular flexibility index (Phi) is 6.14. The van der Waals surface area contributed by atoms with Crippen LogP contribution in [-0.2, 0) is 0 Å². The molecule has 1 aromatic carbocycles. The molecule has 0 amide bonds. The molecule has 2 atom stereocenters. The van der Waals surface area contributed by atoms with E-state index in [4.69, 9.17) is 0 Å². The zero-order chi connectivity index (χ0) is 15.1. The van der Waals surface area contributed by atoms with E-state index in [-0.39, 0.29) is 5.54 Å². The van der Waals surface area contributed by atoms with Crippen molar-refractivity contribution in [1.29, 1.82) is 5.26 Å². The van der Waals surface area contributed by atoms with E-state index in [9.17, 15) is 5.26 Å². The van der Waals surface area contributed by atoms with Gasteiger partial charge in [0.05, 0.1) is 6.07 Å². The third-order valence-electron chi connectivity index (χ3n) is 4.53. The second-order valence-corrected chi connectivity index (χ2v) is 7.14. The van der Waals surface area contributed by atoms with Crippen molar-refractivity contribution in [3.63, 3.8) is 0 Å². The Hall–Kier alpha value is -0.980. The summed E-state index contributed by atoms with van der Waals surface area (Å²) < 4.78 is 0. The van der Waals surface area contributed by atoms with Gasteiger partial charge < -0.3 is 0 Å². The quantitative estimate of drug-likeness (QED) is 0.751. The second-order valence-electron chi connectivity index (χ2n) is 6.00. The Morgan fingerprint density at radius 2 is 2.24 bits per heavy atom. The van der Waals surface area contributed by atoms with Crippen molar-refractivity contribution in [2.75, 3.05) is 12.3 Å². The van der Waals surface area contributed by atoms with Crippen molar-refractivity contribution in [3.8, 4) is 6.07 Å². The third kappa shape index (κ3) is 4.02. The number of hydrogen-bond acceptors (Lipinski definition) is 3. The maximum Gasteiger partial charge on any atom is 0.109 e. The highest BCUT2D eigenvalue weighted by atomic mass is 32.2. The molecule has 0 aliphatic heterocycles. The summed E-state index contributed by atoms with van der Waals surface area (Å²) in [5.41, 5.74) is 1.09. The third-order valence-corrected chi connectivity index (χ3v) is 5.74. The summed E-state index contributed by atoms with van der Waals surface area (Å²) in [5, 5.41) is 13.2. The molecule has 1 N–H and O–H groups in total. The molecule has 1 aliphatic carbocycles. The molecule has 3 heteroatoms. The summed E-state index contributed by atoms with van der Waals surface area (Å²) in [5.74, 6) is 1.61. The molecule has 0 spiro atoms. The van der Waals surface area contributed by atoms with Crippen LogP contribution in [0.3, 0.4) is 0 Å². The average Bonchev–Trinajstić information content (AvgIpc) is 2.90. The molecule has 0 saturated heterocycles. The van der Waals surface area contributed by atoms with Crippen molar-refractivity contribution in [3.05, 3.63) is 29.8 Å². The van der Waals surface area contributed by atoms with Gasteiger partial charge in [0.2, 0.25) is 0 Å². The Bertz CT molecular complexity index is 494. The first-order chi connectivity index (χ1) is 10.2. The SMILES string of the molecule is CCCNC1(C#N)CCCC1CCSc1ccccc1C. The van der Waals surface area contributed by atoms with Gasteiger partial charge in [0, 0.05) is 4.90 Å². The minimum absolute atomic E-state index is 0.262. The standard InChI is InChI=1S/C18H26N2S/c1-3-12-20-18(14-19)11-6-8-16(18)10-13-21-17-9-5-4-7-15(17)2/h4-5,7,9,16,20H,3,6,8,10-13H2,1-2H3. The van der Waals surface area contributed by atoms with Gasteiger partial charge in [-0.25, -0.2) is 0 Å². The van der Waals surface area contributed by atoms with Crippen LogP contribution in [0.5, 0.6) is 0 Å². The molecule has 2 unspecified atom stereocenters. The first-order valence-electron chi connectivity index (χ1n) is 8.06. The van der Waals surface area contributed by atoms with Crippen LogP contribution in [0.4, 0.5) is 0 Å². The zero-order valence-corrected chi connectivity index (χ0v) is 14.0. The van der Waals surface area contributed by atoms with Gasteiger partial charge >= 0.3 is 0 Å². The summed E-state index contributed by atoms with van der Waals surface area (Å²) in [6.45, 7) is 5.28. The van der Waals surface area contributed by atoms with E-state index in [1.165, 1.54) is 23.3 Å². The average molecular weight is 302 g/mol. The molecule has 2 nitrogen and oxygen atoms in total. The first kappa shape index (κ1) is 16.4. The molecule has 1 fully saturated rings. The minimum Gasteiger partial charge on any atom is -0.299 e. The largest absolute Gasteiger partial charge is 0.299 e. The maximum absolute atomic E-state index is 9.65. The molecule has 1 saturated carbocycles. The fourth-order valence-corrected chi connectivity index (χ4v) is 4.36. The predicted octanol–water partition coefficient (Wildman–Crippen LogP) is 4.54. The van der Waals surface area contributed by atoms with Gasteiger partial charge in [-0.2, -0.15) is 5.26 Å². The molecule has 114 valence electrons. The number of nitrogens with zero attached hydrogens (tertiary/aromatic N) is 1. The number of benzene rings is 1. The van der Waals surface area contributed by atoms with E-state index in [1.54, 1.807) is 0 Å². The summed E-state index contributed by atoms with van der Waals surface area (Å²) in [6, 6.07) is 11.2. The predicted molar refractivity (Wildman–Crippen MR) is 90.5 cm³/mol. The van der Waals surface area contributed by atoms with Crippen LogP contribution in [0.25, 0.3) is 0 Å². The lowest BCUT2D eigenvalue weighted by atomic mass is 9.86. The van der Waals surface area contributed by atoms with E-state index < -0.39 is 0 Å². The van der Waals surface area contributed by atoms with Crippen molar-refractivity contribution in [2.45, 2.75) is 56.4 Å². The molecule has 0 bridgehead atoms. The minimum atomic E-state index is -0.262. The van der Waals surface area contributed by atoms with Gasteiger partial charge in [0.15, 0.2) is 0 Å². The molecule has 21 heavy (non-hydrogen) atoms. The van der Waals surface area contributed by atoms with Gasteiger partial charge in [0.1, 0.15) is 5.54 Å². The molecule has 0 heterocycles. The Labute approximate surface area is 133 Å². The van der Waals surface area contributed by atoms with Gasteiger partial charge in [-0.15, -0.1) is 11.8 Å². The van der Waals surface area contributed by atoms with Crippen LogP contribution in [-0.4, -0.2) is 17.8 Å². The van der Waals surface area contributed by atoms with Crippen molar-refractivity contribution >= 4 is 11.8 Å². The van der Waals surface area contributed by atoms with Gasteiger partial charge in [-0.1, -0.05) is 31.5 Å². The van der Waals surface area contributed by atoms with Crippen LogP contribution in [0.2, 0.25) is 0 Å².